The lowest BCUT2D eigenvalue weighted by Gasteiger charge is -1.96. The molecule has 2 nitrogen and oxygen atoms in total. The van der Waals surface area contributed by atoms with Crippen LogP contribution in [-0.4, -0.2) is 13.9 Å². The summed E-state index contributed by atoms with van der Waals surface area (Å²) in [6.07, 6.45) is -0.00637. The first kappa shape index (κ1) is 8.36. The lowest BCUT2D eigenvalue weighted by atomic mass is 10.6. The van der Waals surface area contributed by atoms with Crippen molar-refractivity contribution in [2.24, 2.45) is 0 Å². The minimum Gasteiger partial charge on any atom is -0.229 e. The normalized spacial score (nSPS) is 15.9. The lowest BCUT2D eigenvalue weighted by molar-refractivity contribution is 0.417. The lowest BCUT2D eigenvalue weighted by Crippen LogP contribution is -2.06. The van der Waals surface area contributed by atoms with Crippen LogP contribution in [0, 0.1) is 0 Å². The Labute approximate surface area is 55.2 Å². The minimum absolute atomic E-state index is 0.00637. The van der Waals surface area contributed by atoms with Gasteiger partial charge in [-0.2, -0.15) is 0 Å². The number of hydrogen-bond acceptors (Lipinski definition) is 2. The molecule has 0 saturated carbocycles. The van der Waals surface area contributed by atoms with Crippen LogP contribution in [0.1, 0.15) is 13.3 Å². The summed E-state index contributed by atoms with van der Waals surface area (Å²) in [7, 11) is -3.61. The third-order valence-electron chi connectivity index (χ3n) is 0.626. The first-order chi connectivity index (χ1) is 3.48. The number of rotatable bonds is 2. The van der Waals surface area contributed by atoms with Gasteiger partial charge < -0.3 is 0 Å². The predicted molar refractivity (Wildman–Crippen MR) is 33.0 cm³/mol. The summed E-state index contributed by atoms with van der Waals surface area (Å²) in [5, 5.41) is 0. The summed E-state index contributed by atoms with van der Waals surface area (Å²) in [6.45, 7) is 1.46. The van der Waals surface area contributed by atoms with E-state index in [1.165, 1.54) is 6.92 Å². The van der Waals surface area contributed by atoms with Gasteiger partial charge in [-0.3, -0.25) is 0 Å². The summed E-state index contributed by atoms with van der Waals surface area (Å²) in [6, 6.07) is 0. The minimum atomic E-state index is -3.61. The quantitative estimate of drug-likeness (QED) is 0.638. The van der Waals surface area contributed by atoms with E-state index in [1.807, 2.05) is 0 Å². The third kappa shape index (κ3) is 2.61. The van der Waals surface area contributed by atoms with Crippen molar-refractivity contribution >= 4 is 23.1 Å². The molecule has 0 amide bonds. The van der Waals surface area contributed by atoms with Crippen LogP contribution >= 0.6 is 14.8 Å². The number of hydrogen-bond donors (Lipinski definition) is 0. The molecule has 0 aliphatic rings. The standard InChI is InChI=1S/C3H6BrFO2S/c1-2-3(5)8(4,6)7/h3H,2H2,1H3. The second-order valence-electron chi connectivity index (χ2n) is 1.29. The molecule has 0 aromatic rings. The summed E-state index contributed by atoms with van der Waals surface area (Å²) in [5.74, 6) is 0. The van der Waals surface area contributed by atoms with Crippen LogP contribution in [0.2, 0.25) is 0 Å². The van der Waals surface area contributed by atoms with E-state index in [-0.39, 0.29) is 6.42 Å². The van der Waals surface area contributed by atoms with E-state index < -0.39 is 13.8 Å². The molecule has 0 aromatic carbocycles. The third-order valence-corrected chi connectivity index (χ3v) is 2.79. The van der Waals surface area contributed by atoms with Crippen LogP contribution in [0.15, 0.2) is 0 Å². The van der Waals surface area contributed by atoms with Gasteiger partial charge in [-0.15, -0.1) is 0 Å². The summed E-state index contributed by atoms with van der Waals surface area (Å²) >= 11 is 2.20. The summed E-state index contributed by atoms with van der Waals surface area (Å²) in [4.78, 5) is 0. The zero-order chi connectivity index (χ0) is 6.78. The SMILES string of the molecule is CCC(F)S(=O)(=O)Br. The molecule has 0 aliphatic heterocycles. The van der Waals surface area contributed by atoms with Gasteiger partial charge in [0.1, 0.15) is 0 Å². The van der Waals surface area contributed by atoms with E-state index in [0.29, 0.717) is 0 Å². The smallest absolute Gasteiger partial charge is 0.229 e. The Hall–Kier alpha value is 0.360. The molecule has 0 radical (unpaired) electrons. The van der Waals surface area contributed by atoms with Gasteiger partial charge in [0.15, 0.2) is 0 Å². The zero-order valence-corrected chi connectivity index (χ0v) is 6.67. The van der Waals surface area contributed by atoms with Gasteiger partial charge in [0.25, 0.3) is 0 Å². The maximum Gasteiger partial charge on any atom is 0.241 e. The highest BCUT2D eigenvalue weighted by Crippen LogP contribution is 2.13. The monoisotopic (exact) mass is 204 g/mol. The fraction of sp³-hybridized carbons (Fsp3) is 1.00. The molecule has 5 heteroatoms. The van der Waals surface area contributed by atoms with Crippen LogP contribution in [0.4, 0.5) is 4.39 Å². The zero-order valence-electron chi connectivity index (χ0n) is 4.27. The molecular formula is C3H6BrFO2S. The largest absolute Gasteiger partial charge is 0.241 e. The van der Waals surface area contributed by atoms with Crippen molar-refractivity contribution in [3.8, 4) is 0 Å². The van der Waals surface area contributed by atoms with Crippen LogP contribution in [0.3, 0.4) is 0 Å². The molecule has 1 atom stereocenters. The molecule has 0 rings (SSSR count). The molecule has 0 bridgehead atoms. The van der Waals surface area contributed by atoms with E-state index in [4.69, 9.17) is 0 Å². The maximum absolute atomic E-state index is 12.0. The highest BCUT2D eigenvalue weighted by atomic mass is 79.9. The second-order valence-corrected chi connectivity index (χ2v) is 5.46. The van der Waals surface area contributed by atoms with E-state index >= 15 is 0 Å². The first-order valence-corrected chi connectivity index (χ1v) is 5.45. The topological polar surface area (TPSA) is 34.1 Å². The maximum atomic E-state index is 12.0. The van der Waals surface area contributed by atoms with Crippen molar-refractivity contribution in [2.75, 3.05) is 0 Å². The van der Waals surface area contributed by atoms with E-state index in [0.717, 1.165) is 0 Å². The van der Waals surface area contributed by atoms with Crippen LogP contribution < -0.4 is 0 Å². The molecular weight excluding hydrogens is 199 g/mol. The Bertz CT molecular complexity index is 153. The molecule has 0 aromatic heterocycles. The van der Waals surface area contributed by atoms with Crippen molar-refractivity contribution < 1.29 is 12.8 Å². The molecule has 50 valence electrons. The van der Waals surface area contributed by atoms with Gasteiger partial charge in [0, 0.05) is 0 Å². The average Bonchev–Trinajstić information content (AvgIpc) is 1.62. The van der Waals surface area contributed by atoms with Gasteiger partial charge in [-0.25, -0.2) is 12.8 Å². The Morgan fingerprint density at radius 1 is 1.75 bits per heavy atom. The van der Waals surface area contributed by atoms with Crippen molar-refractivity contribution in [3.05, 3.63) is 0 Å². The summed E-state index contributed by atoms with van der Waals surface area (Å²) in [5.41, 5.74) is -1.76. The molecule has 0 aliphatic carbocycles. The van der Waals surface area contributed by atoms with Crippen molar-refractivity contribution in [1.82, 2.24) is 0 Å². The Morgan fingerprint density at radius 2 is 2.12 bits per heavy atom. The molecule has 0 saturated heterocycles. The fourth-order valence-electron chi connectivity index (χ4n) is 0.199. The van der Waals surface area contributed by atoms with Crippen molar-refractivity contribution in [3.63, 3.8) is 0 Å². The average molecular weight is 205 g/mol. The van der Waals surface area contributed by atoms with Crippen LogP contribution in [-0.2, 0) is 8.27 Å². The highest BCUT2D eigenvalue weighted by molar-refractivity contribution is 9.47. The summed E-state index contributed by atoms with van der Waals surface area (Å²) < 4.78 is 32.2. The molecule has 8 heavy (non-hydrogen) atoms. The van der Waals surface area contributed by atoms with Gasteiger partial charge in [0.2, 0.25) is 13.8 Å². The van der Waals surface area contributed by atoms with Crippen molar-refractivity contribution in [1.29, 1.82) is 0 Å². The first-order valence-electron chi connectivity index (χ1n) is 2.06. The Kier molecular flexibility index (Phi) is 2.90. The molecule has 0 heterocycles. The highest BCUT2D eigenvalue weighted by Gasteiger charge is 2.17. The van der Waals surface area contributed by atoms with E-state index in [1.54, 1.807) is 0 Å². The number of halogens is 2. The molecule has 0 N–H and O–H groups in total. The molecule has 0 fully saturated rings. The van der Waals surface area contributed by atoms with Gasteiger partial charge >= 0.3 is 0 Å². The second kappa shape index (κ2) is 2.77. The van der Waals surface area contributed by atoms with Crippen molar-refractivity contribution in [2.45, 2.75) is 18.8 Å². The van der Waals surface area contributed by atoms with E-state index in [9.17, 15) is 12.8 Å². The van der Waals surface area contributed by atoms with Gasteiger partial charge in [0.05, 0.1) is 14.8 Å². The fourth-order valence-corrected chi connectivity index (χ4v) is 1.39. The molecule has 1 unspecified atom stereocenters. The van der Waals surface area contributed by atoms with E-state index in [2.05, 4.69) is 14.8 Å². The number of alkyl halides is 1. The molecule has 0 spiro atoms. The van der Waals surface area contributed by atoms with Crippen LogP contribution in [0.25, 0.3) is 0 Å². The van der Waals surface area contributed by atoms with Gasteiger partial charge in [-0.1, -0.05) is 6.92 Å². The van der Waals surface area contributed by atoms with Gasteiger partial charge in [-0.05, 0) is 6.42 Å². The Morgan fingerprint density at radius 3 is 2.12 bits per heavy atom. The Balaban J connectivity index is 4.04. The predicted octanol–water partition coefficient (Wildman–Crippen LogP) is 1.42. The van der Waals surface area contributed by atoms with Crippen LogP contribution in [0.5, 0.6) is 0 Å².